The first-order valence-corrected chi connectivity index (χ1v) is 4.72. The molecular formula is C10H19N. The molecule has 1 nitrogen and oxygen atoms in total. The van der Waals surface area contributed by atoms with E-state index in [2.05, 4.69) is 24.9 Å². The molecule has 1 aliphatic rings. The molecule has 1 rings (SSSR count). The summed E-state index contributed by atoms with van der Waals surface area (Å²) in [7, 11) is 0. The van der Waals surface area contributed by atoms with Crippen molar-refractivity contribution >= 4 is 0 Å². The van der Waals surface area contributed by atoms with Gasteiger partial charge in [-0.3, -0.25) is 0 Å². The maximum Gasteiger partial charge on any atom is 0.0224 e. The van der Waals surface area contributed by atoms with Crippen LogP contribution in [0.15, 0.2) is 12.7 Å². The monoisotopic (exact) mass is 153 g/mol. The Morgan fingerprint density at radius 2 is 2.45 bits per heavy atom. The second kappa shape index (κ2) is 4.55. The molecule has 11 heavy (non-hydrogen) atoms. The molecule has 0 radical (unpaired) electrons. The minimum absolute atomic E-state index is 0.819. The van der Waals surface area contributed by atoms with Gasteiger partial charge in [0.1, 0.15) is 0 Å². The quantitative estimate of drug-likeness (QED) is 0.459. The van der Waals surface area contributed by atoms with Crippen molar-refractivity contribution < 1.29 is 0 Å². The number of hydrogen-bond acceptors (Lipinski definition) is 1. The number of unbranched alkanes of at least 4 members (excludes halogenated alkanes) is 1. The number of hydrogen-bond donors (Lipinski definition) is 1. The van der Waals surface area contributed by atoms with Gasteiger partial charge in [0.05, 0.1) is 0 Å². The van der Waals surface area contributed by atoms with Gasteiger partial charge >= 0.3 is 0 Å². The summed E-state index contributed by atoms with van der Waals surface area (Å²) in [6.45, 7) is 7.28. The van der Waals surface area contributed by atoms with Crippen molar-refractivity contribution in [1.29, 1.82) is 0 Å². The van der Waals surface area contributed by atoms with E-state index in [0.29, 0.717) is 0 Å². The molecule has 0 aromatic heterocycles. The van der Waals surface area contributed by atoms with E-state index in [0.717, 1.165) is 12.0 Å². The van der Waals surface area contributed by atoms with Crippen LogP contribution in [-0.4, -0.2) is 12.6 Å². The van der Waals surface area contributed by atoms with Crippen LogP contribution in [0.25, 0.3) is 0 Å². The summed E-state index contributed by atoms with van der Waals surface area (Å²) in [5, 5.41) is 3.38. The summed E-state index contributed by atoms with van der Waals surface area (Å²) in [6.07, 6.45) is 7.31. The van der Waals surface area contributed by atoms with Crippen LogP contribution in [0.4, 0.5) is 0 Å². The molecule has 0 spiro atoms. The molecule has 1 saturated heterocycles. The molecule has 1 heteroatoms. The fourth-order valence-electron chi connectivity index (χ4n) is 1.57. The molecule has 2 atom stereocenters. The first-order chi connectivity index (χ1) is 5.38. The highest BCUT2D eigenvalue weighted by Gasteiger charge is 2.28. The second-order valence-electron chi connectivity index (χ2n) is 3.44. The molecular weight excluding hydrogens is 134 g/mol. The van der Waals surface area contributed by atoms with E-state index in [1.165, 1.54) is 32.2 Å². The van der Waals surface area contributed by atoms with Gasteiger partial charge in [-0.05, 0) is 18.8 Å². The fraction of sp³-hybridized carbons (Fsp3) is 0.800. The Kier molecular flexibility index (Phi) is 3.64. The zero-order chi connectivity index (χ0) is 8.10. The van der Waals surface area contributed by atoms with E-state index in [-0.39, 0.29) is 0 Å². The van der Waals surface area contributed by atoms with Gasteiger partial charge in [-0.1, -0.05) is 25.8 Å². The maximum atomic E-state index is 3.79. The summed E-state index contributed by atoms with van der Waals surface area (Å²) >= 11 is 0. The van der Waals surface area contributed by atoms with Gasteiger partial charge < -0.3 is 5.32 Å². The van der Waals surface area contributed by atoms with Crippen LogP contribution < -0.4 is 5.32 Å². The highest BCUT2D eigenvalue weighted by atomic mass is 15.1. The summed E-state index contributed by atoms with van der Waals surface area (Å²) in [6, 6.07) is 0.819. The standard InChI is InChI=1S/C10H19N/c1-3-5-7-9(6-4-2)10-8-11-10/h4,9-11H,2-3,5-8H2,1H3. The molecule has 0 aliphatic carbocycles. The molecule has 0 saturated carbocycles. The van der Waals surface area contributed by atoms with Crippen molar-refractivity contribution in [2.24, 2.45) is 5.92 Å². The van der Waals surface area contributed by atoms with Gasteiger partial charge in [-0.25, -0.2) is 0 Å². The van der Waals surface area contributed by atoms with Gasteiger partial charge in [0.15, 0.2) is 0 Å². The predicted octanol–water partition coefficient (Wildman–Crippen LogP) is 2.34. The van der Waals surface area contributed by atoms with Crippen LogP contribution in [-0.2, 0) is 0 Å². The van der Waals surface area contributed by atoms with E-state index in [9.17, 15) is 0 Å². The van der Waals surface area contributed by atoms with Gasteiger partial charge in [0, 0.05) is 12.6 Å². The van der Waals surface area contributed by atoms with Gasteiger partial charge in [-0.2, -0.15) is 0 Å². The SMILES string of the molecule is C=CCC(CCCC)C1CN1. The predicted molar refractivity (Wildman–Crippen MR) is 49.6 cm³/mol. The van der Waals surface area contributed by atoms with Crippen LogP contribution in [0.1, 0.15) is 32.6 Å². The van der Waals surface area contributed by atoms with Crippen molar-refractivity contribution in [3.05, 3.63) is 12.7 Å². The fourth-order valence-corrected chi connectivity index (χ4v) is 1.57. The molecule has 0 bridgehead atoms. The molecule has 1 heterocycles. The van der Waals surface area contributed by atoms with Crippen LogP contribution in [0.2, 0.25) is 0 Å². The first-order valence-electron chi connectivity index (χ1n) is 4.72. The Morgan fingerprint density at radius 1 is 1.73 bits per heavy atom. The third-order valence-electron chi connectivity index (χ3n) is 2.41. The molecule has 1 N–H and O–H groups in total. The van der Waals surface area contributed by atoms with Crippen molar-refractivity contribution in [3.63, 3.8) is 0 Å². The molecule has 1 aliphatic heterocycles. The molecule has 0 aromatic carbocycles. The zero-order valence-electron chi connectivity index (χ0n) is 7.47. The lowest BCUT2D eigenvalue weighted by Gasteiger charge is -2.11. The van der Waals surface area contributed by atoms with E-state index >= 15 is 0 Å². The average Bonchev–Trinajstić information content (AvgIpc) is 2.80. The Balaban J connectivity index is 2.15. The maximum absolute atomic E-state index is 3.79. The third kappa shape index (κ3) is 3.06. The van der Waals surface area contributed by atoms with Crippen molar-refractivity contribution in [3.8, 4) is 0 Å². The highest BCUT2D eigenvalue weighted by Crippen LogP contribution is 2.22. The Hall–Kier alpha value is -0.300. The normalized spacial score (nSPS) is 24.6. The number of rotatable bonds is 6. The van der Waals surface area contributed by atoms with Gasteiger partial charge in [0.25, 0.3) is 0 Å². The van der Waals surface area contributed by atoms with Crippen molar-refractivity contribution in [2.45, 2.75) is 38.6 Å². The lowest BCUT2D eigenvalue weighted by atomic mass is 9.95. The van der Waals surface area contributed by atoms with E-state index in [4.69, 9.17) is 0 Å². The number of allylic oxidation sites excluding steroid dienone is 1. The van der Waals surface area contributed by atoms with Crippen LogP contribution >= 0.6 is 0 Å². The van der Waals surface area contributed by atoms with E-state index in [1.807, 2.05) is 0 Å². The molecule has 0 amide bonds. The minimum Gasteiger partial charge on any atom is -0.311 e. The Bertz CT molecular complexity index is 116. The second-order valence-corrected chi connectivity index (χ2v) is 3.44. The van der Waals surface area contributed by atoms with Gasteiger partial charge in [-0.15, -0.1) is 6.58 Å². The topological polar surface area (TPSA) is 21.9 Å². The largest absolute Gasteiger partial charge is 0.311 e. The van der Waals surface area contributed by atoms with E-state index in [1.54, 1.807) is 0 Å². The van der Waals surface area contributed by atoms with Crippen LogP contribution in [0, 0.1) is 5.92 Å². The Morgan fingerprint density at radius 3 is 2.91 bits per heavy atom. The van der Waals surface area contributed by atoms with E-state index < -0.39 is 0 Å². The first kappa shape index (κ1) is 8.79. The Labute approximate surface area is 69.9 Å². The lowest BCUT2D eigenvalue weighted by molar-refractivity contribution is 0.461. The third-order valence-corrected chi connectivity index (χ3v) is 2.41. The zero-order valence-corrected chi connectivity index (χ0v) is 7.47. The average molecular weight is 153 g/mol. The summed E-state index contributed by atoms with van der Waals surface area (Å²) < 4.78 is 0. The highest BCUT2D eigenvalue weighted by molar-refractivity contribution is 4.92. The summed E-state index contributed by atoms with van der Waals surface area (Å²) in [4.78, 5) is 0. The molecule has 0 aromatic rings. The molecule has 1 fully saturated rings. The van der Waals surface area contributed by atoms with Crippen LogP contribution in [0.5, 0.6) is 0 Å². The van der Waals surface area contributed by atoms with Crippen molar-refractivity contribution in [2.75, 3.05) is 6.54 Å². The number of nitrogens with one attached hydrogen (secondary N) is 1. The lowest BCUT2D eigenvalue weighted by Crippen LogP contribution is -2.09. The minimum atomic E-state index is 0.819. The smallest absolute Gasteiger partial charge is 0.0224 e. The van der Waals surface area contributed by atoms with Crippen molar-refractivity contribution in [1.82, 2.24) is 5.32 Å². The van der Waals surface area contributed by atoms with Gasteiger partial charge in [0.2, 0.25) is 0 Å². The summed E-state index contributed by atoms with van der Waals surface area (Å²) in [5.41, 5.74) is 0. The molecule has 2 unspecified atom stereocenters. The van der Waals surface area contributed by atoms with Crippen LogP contribution in [0.3, 0.4) is 0 Å². The summed E-state index contributed by atoms with van der Waals surface area (Å²) in [5.74, 6) is 0.868. The molecule has 64 valence electrons.